The first-order valence-corrected chi connectivity index (χ1v) is 10.0. The highest BCUT2D eigenvalue weighted by Gasteiger charge is 2.40. The van der Waals surface area contributed by atoms with Gasteiger partial charge in [0.25, 0.3) is 5.91 Å². The second-order valence-electron chi connectivity index (χ2n) is 7.10. The molecule has 1 aliphatic carbocycles. The Morgan fingerprint density at radius 2 is 2.03 bits per heavy atom. The van der Waals surface area contributed by atoms with Crippen LogP contribution in [0.5, 0.6) is 5.75 Å². The maximum absolute atomic E-state index is 13.3. The number of amides is 1. The van der Waals surface area contributed by atoms with Crippen molar-refractivity contribution >= 4 is 17.5 Å². The highest BCUT2D eigenvalue weighted by molar-refractivity contribution is 6.30. The van der Waals surface area contributed by atoms with Gasteiger partial charge in [0.1, 0.15) is 11.6 Å². The highest BCUT2D eigenvalue weighted by Crippen LogP contribution is 2.32. The number of likely N-dealkylation sites (N-methyl/N-ethyl adjacent to an activating group) is 1. The lowest BCUT2D eigenvalue weighted by Gasteiger charge is -2.35. The van der Waals surface area contributed by atoms with E-state index in [1.54, 1.807) is 0 Å². The van der Waals surface area contributed by atoms with E-state index in [1.165, 1.54) is 12.1 Å². The van der Waals surface area contributed by atoms with Gasteiger partial charge in [-0.25, -0.2) is 4.39 Å². The van der Waals surface area contributed by atoms with Crippen LogP contribution in [0, 0.1) is 5.82 Å². The Morgan fingerprint density at radius 1 is 1.32 bits per heavy atom. The van der Waals surface area contributed by atoms with Crippen LogP contribution in [0.2, 0.25) is 5.02 Å². The number of hydrogen-bond donors (Lipinski definition) is 1. The second kappa shape index (κ2) is 11.5. The third-order valence-corrected chi connectivity index (χ3v) is 4.98. The molecule has 0 saturated heterocycles. The Morgan fingerprint density at radius 3 is 2.68 bits per heavy atom. The third-order valence-electron chi connectivity index (χ3n) is 4.67. The van der Waals surface area contributed by atoms with Gasteiger partial charge in [-0.05, 0) is 12.1 Å². The molecule has 0 bridgehead atoms. The largest absolute Gasteiger partial charge is 0.522 e. The van der Waals surface area contributed by atoms with E-state index < -0.39 is 18.3 Å². The summed E-state index contributed by atoms with van der Waals surface area (Å²) < 4.78 is 64.2. The molecule has 174 valence electrons. The van der Waals surface area contributed by atoms with Crippen LogP contribution in [0.25, 0.3) is 0 Å². The van der Waals surface area contributed by atoms with Crippen LogP contribution in [-0.4, -0.2) is 62.7 Å². The van der Waals surface area contributed by atoms with Gasteiger partial charge < -0.3 is 19.7 Å². The summed E-state index contributed by atoms with van der Waals surface area (Å²) in [4.78, 5) is 13.7. The molecule has 0 aliphatic heterocycles. The summed E-state index contributed by atoms with van der Waals surface area (Å²) in [6.45, 7) is 4.86. The summed E-state index contributed by atoms with van der Waals surface area (Å²) in [7, 11) is 1.81. The van der Waals surface area contributed by atoms with Gasteiger partial charge in [-0.3, -0.25) is 9.53 Å². The second-order valence-corrected chi connectivity index (χ2v) is 7.51. The number of nitrogens with zero attached hydrogens (tertiary/aromatic N) is 1. The van der Waals surface area contributed by atoms with Crippen molar-refractivity contribution in [2.45, 2.75) is 37.8 Å². The fraction of sp³-hybridized carbons (Fsp3) is 0.550. The van der Waals surface area contributed by atoms with Crippen LogP contribution < -0.4 is 10.1 Å². The quantitative estimate of drug-likeness (QED) is 0.472. The van der Waals surface area contributed by atoms with Gasteiger partial charge >= 0.3 is 6.36 Å². The molecule has 0 radical (unpaired) electrons. The van der Waals surface area contributed by atoms with E-state index in [4.69, 9.17) is 21.1 Å². The number of nitrogens with one attached hydrogen (secondary N) is 1. The van der Waals surface area contributed by atoms with Crippen LogP contribution >= 0.6 is 11.6 Å². The number of rotatable bonds is 12. The number of carbonyl (C=O) groups is 1. The monoisotopic (exact) mass is 468 g/mol. The molecular formula is C20H25ClF4N2O4. The highest BCUT2D eigenvalue weighted by atomic mass is 35.5. The Kier molecular flexibility index (Phi) is 9.39. The molecule has 0 unspecified atom stereocenters. The zero-order valence-corrected chi connectivity index (χ0v) is 17.8. The number of halogens is 5. The van der Waals surface area contributed by atoms with Gasteiger partial charge in [0.2, 0.25) is 0 Å². The van der Waals surface area contributed by atoms with Crippen molar-refractivity contribution in [1.82, 2.24) is 10.2 Å². The minimum atomic E-state index is -4.61. The lowest BCUT2D eigenvalue weighted by Crippen LogP contribution is -2.41. The molecule has 0 spiro atoms. The predicted octanol–water partition coefficient (Wildman–Crippen LogP) is 3.89. The molecule has 2 rings (SSSR count). The maximum Gasteiger partial charge on any atom is 0.522 e. The summed E-state index contributed by atoms with van der Waals surface area (Å²) >= 11 is 5.58. The number of carbonyl (C=O) groups excluding carboxylic acids is 1. The lowest BCUT2D eigenvalue weighted by atomic mass is 9.92. The SMILES string of the molecule is C=C(CCNC(=O)COc1ccc(Cl)c(F)c1)N(C)CCOC1CC(OC(F)(F)F)C1. The minimum absolute atomic E-state index is 0.0304. The van der Waals surface area contributed by atoms with Gasteiger partial charge in [-0.15, -0.1) is 13.2 Å². The molecule has 6 nitrogen and oxygen atoms in total. The Bertz CT molecular complexity index is 757. The summed E-state index contributed by atoms with van der Waals surface area (Å²) in [5.74, 6) is -0.798. The van der Waals surface area contributed by atoms with Crippen molar-refractivity contribution in [1.29, 1.82) is 0 Å². The average Bonchev–Trinajstić information content (AvgIpc) is 2.65. The molecule has 0 heterocycles. The molecule has 1 saturated carbocycles. The van der Waals surface area contributed by atoms with E-state index in [2.05, 4.69) is 16.6 Å². The van der Waals surface area contributed by atoms with E-state index in [1.807, 2.05) is 11.9 Å². The summed E-state index contributed by atoms with van der Waals surface area (Å²) in [6.07, 6.45) is -4.74. The molecule has 1 fully saturated rings. The standard InChI is InChI=1S/C20H25ClF4N2O4/c1-13(27(2)7-8-29-15-9-16(10-15)31-20(23,24)25)5-6-26-19(28)12-30-14-3-4-17(21)18(22)11-14/h3-4,11,15-16H,1,5-10,12H2,2H3,(H,26,28). The molecule has 1 aromatic rings. The molecule has 1 amide bonds. The van der Waals surface area contributed by atoms with Crippen LogP contribution in [0.4, 0.5) is 17.6 Å². The van der Waals surface area contributed by atoms with Crippen molar-refractivity contribution in [2.75, 3.05) is 33.4 Å². The number of hydrogen-bond acceptors (Lipinski definition) is 5. The minimum Gasteiger partial charge on any atom is -0.484 e. The zero-order valence-electron chi connectivity index (χ0n) is 17.0. The van der Waals surface area contributed by atoms with Crippen LogP contribution in [0.1, 0.15) is 19.3 Å². The number of alkyl halides is 3. The molecule has 0 aromatic heterocycles. The fourth-order valence-electron chi connectivity index (χ4n) is 2.76. The Labute approximate surface area is 183 Å². The van der Waals surface area contributed by atoms with Gasteiger partial charge in [0.15, 0.2) is 6.61 Å². The molecule has 1 aromatic carbocycles. The normalized spacial score (nSPS) is 18.3. The van der Waals surface area contributed by atoms with Gasteiger partial charge in [0, 0.05) is 51.2 Å². The smallest absolute Gasteiger partial charge is 0.484 e. The topological polar surface area (TPSA) is 60.0 Å². The van der Waals surface area contributed by atoms with Crippen LogP contribution in [0.15, 0.2) is 30.5 Å². The van der Waals surface area contributed by atoms with Gasteiger partial charge in [0.05, 0.1) is 23.8 Å². The Balaban J connectivity index is 1.52. The van der Waals surface area contributed by atoms with Crippen molar-refractivity contribution < 1.29 is 36.6 Å². The first kappa shape index (κ1) is 25.2. The van der Waals surface area contributed by atoms with E-state index in [0.29, 0.717) is 26.1 Å². The predicted molar refractivity (Wildman–Crippen MR) is 106 cm³/mol. The van der Waals surface area contributed by atoms with Crippen molar-refractivity contribution in [3.05, 3.63) is 41.3 Å². The van der Waals surface area contributed by atoms with E-state index in [9.17, 15) is 22.4 Å². The number of benzene rings is 1. The van der Waals surface area contributed by atoms with Crippen molar-refractivity contribution in [3.8, 4) is 5.75 Å². The van der Waals surface area contributed by atoms with Gasteiger partial charge in [-0.2, -0.15) is 0 Å². The van der Waals surface area contributed by atoms with E-state index >= 15 is 0 Å². The van der Waals surface area contributed by atoms with E-state index in [-0.39, 0.29) is 42.2 Å². The molecule has 1 N–H and O–H groups in total. The molecule has 31 heavy (non-hydrogen) atoms. The molecule has 1 aliphatic rings. The van der Waals surface area contributed by atoms with E-state index in [0.717, 1.165) is 11.8 Å². The Hall–Kier alpha value is -2.04. The summed E-state index contributed by atoms with van der Waals surface area (Å²) in [5.41, 5.74) is 0.761. The van der Waals surface area contributed by atoms with Crippen LogP contribution in [0.3, 0.4) is 0 Å². The summed E-state index contributed by atoms with van der Waals surface area (Å²) in [5, 5.41) is 2.64. The lowest BCUT2D eigenvalue weighted by molar-refractivity contribution is -0.357. The fourth-order valence-corrected chi connectivity index (χ4v) is 2.87. The number of ether oxygens (including phenoxy) is 3. The average molecular weight is 469 g/mol. The molecular weight excluding hydrogens is 444 g/mol. The molecule has 0 atom stereocenters. The van der Waals surface area contributed by atoms with Crippen molar-refractivity contribution in [2.24, 2.45) is 0 Å². The third kappa shape index (κ3) is 9.32. The first-order chi connectivity index (χ1) is 14.5. The first-order valence-electron chi connectivity index (χ1n) is 9.63. The van der Waals surface area contributed by atoms with Crippen molar-refractivity contribution in [3.63, 3.8) is 0 Å². The zero-order chi connectivity index (χ0) is 23.0. The van der Waals surface area contributed by atoms with Crippen LogP contribution in [-0.2, 0) is 14.3 Å². The summed E-state index contributed by atoms with van der Waals surface area (Å²) in [6, 6.07) is 3.90. The van der Waals surface area contributed by atoms with Gasteiger partial charge in [-0.1, -0.05) is 18.2 Å². The molecule has 11 heteroatoms. The maximum atomic E-state index is 13.3.